The molecule has 114 valence electrons. The summed E-state index contributed by atoms with van der Waals surface area (Å²) in [7, 11) is 0. The van der Waals surface area contributed by atoms with E-state index in [1.165, 1.54) is 0 Å². The van der Waals surface area contributed by atoms with E-state index in [0.717, 1.165) is 19.3 Å². The highest BCUT2D eigenvalue weighted by Crippen LogP contribution is 2.30. The summed E-state index contributed by atoms with van der Waals surface area (Å²) < 4.78 is 10.8. The van der Waals surface area contributed by atoms with Gasteiger partial charge in [-0.15, -0.1) is 0 Å². The first-order valence-electron chi connectivity index (χ1n) is 7.19. The van der Waals surface area contributed by atoms with E-state index < -0.39 is 0 Å². The monoisotopic (exact) mass is 292 g/mol. The maximum Gasteiger partial charge on any atom is 0.269 e. The molecule has 2 amide bonds. The van der Waals surface area contributed by atoms with Crippen LogP contribution in [0.1, 0.15) is 43.0 Å². The number of rotatable bonds is 5. The lowest BCUT2D eigenvalue weighted by Gasteiger charge is -2.18. The zero-order valence-corrected chi connectivity index (χ0v) is 12.1. The Kier molecular flexibility index (Phi) is 5.43. The van der Waals surface area contributed by atoms with E-state index in [0.29, 0.717) is 36.7 Å². The molecule has 1 aromatic rings. The van der Waals surface area contributed by atoms with Gasteiger partial charge in [-0.2, -0.15) is 0 Å². The molecule has 0 bridgehead atoms. The molecule has 1 aliphatic heterocycles. The number of amides is 2. The minimum atomic E-state index is -0.379. The number of carbonyl (C=O) groups excluding carboxylic acids is 2. The fraction of sp³-hybridized carbons (Fsp3) is 0.467. The lowest BCUT2D eigenvalue weighted by Crippen LogP contribution is -2.41. The van der Waals surface area contributed by atoms with Crippen LogP contribution in [0.4, 0.5) is 0 Å². The lowest BCUT2D eigenvalue weighted by molar-refractivity contribution is -0.121. The minimum Gasteiger partial charge on any atom is -0.486 e. The summed E-state index contributed by atoms with van der Waals surface area (Å²) in [6.07, 6.45) is 3.29. The molecule has 0 saturated carbocycles. The third-order valence-electron chi connectivity index (χ3n) is 3.13. The van der Waals surface area contributed by atoms with Crippen molar-refractivity contribution >= 4 is 11.8 Å². The van der Waals surface area contributed by atoms with E-state index >= 15 is 0 Å². The van der Waals surface area contributed by atoms with E-state index in [-0.39, 0.29) is 11.8 Å². The molecule has 2 N–H and O–H groups in total. The maximum atomic E-state index is 11.9. The second-order valence-electron chi connectivity index (χ2n) is 4.82. The molecule has 21 heavy (non-hydrogen) atoms. The van der Waals surface area contributed by atoms with Crippen LogP contribution in [0.3, 0.4) is 0 Å². The van der Waals surface area contributed by atoms with Crippen molar-refractivity contribution in [1.29, 1.82) is 0 Å². The number of carbonyl (C=O) groups is 2. The molecule has 0 spiro atoms. The van der Waals surface area contributed by atoms with E-state index in [9.17, 15) is 9.59 Å². The lowest BCUT2D eigenvalue weighted by atomic mass is 10.2. The van der Waals surface area contributed by atoms with Gasteiger partial charge in [0.2, 0.25) is 5.91 Å². The van der Waals surface area contributed by atoms with Gasteiger partial charge >= 0.3 is 0 Å². The molecule has 0 fully saturated rings. The highest BCUT2D eigenvalue weighted by molar-refractivity contribution is 5.96. The SMILES string of the molecule is CCCCCC(=O)NNC(=O)c1ccc2c(c1)OCCO2. The summed E-state index contributed by atoms with van der Waals surface area (Å²) in [5.41, 5.74) is 5.22. The van der Waals surface area contributed by atoms with Gasteiger partial charge in [0.25, 0.3) is 5.91 Å². The van der Waals surface area contributed by atoms with Crippen LogP contribution in [0.2, 0.25) is 0 Å². The number of ether oxygens (including phenoxy) is 2. The van der Waals surface area contributed by atoms with Crippen molar-refractivity contribution in [1.82, 2.24) is 10.9 Å². The number of hydrogen-bond donors (Lipinski definition) is 2. The number of hydrogen-bond acceptors (Lipinski definition) is 4. The molecule has 2 rings (SSSR count). The molecule has 0 saturated heterocycles. The molecule has 1 aromatic carbocycles. The van der Waals surface area contributed by atoms with Crippen molar-refractivity contribution in [2.45, 2.75) is 32.6 Å². The van der Waals surface area contributed by atoms with Crippen LogP contribution in [-0.4, -0.2) is 25.0 Å². The summed E-state index contributed by atoms with van der Waals surface area (Å²) in [6, 6.07) is 4.92. The number of benzene rings is 1. The highest BCUT2D eigenvalue weighted by Gasteiger charge is 2.15. The van der Waals surface area contributed by atoms with Gasteiger partial charge in [-0.1, -0.05) is 19.8 Å². The number of nitrogens with one attached hydrogen (secondary N) is 2. The predicted molar refractivity (Wildman–Crippen MR) is 77.2 cm³/mol. The van der Waals surface area contributed by atoms with Crippen LogP contribution < -0.4 is 20.3 Å². The Morgan fingerprint density at radius 2 is 1.86 bits per heavy atom. The smallest absolute Gasteiger partial charge is 0.269 e. The topological polar surface area (TPSA) is 76.7 Å². The second kappa shape index (κ2) is 7.52. The van der Waals surface area contributed by atoms with Crippen molar-refractivity contribution in [2.75, 3.05) is 13.2 Å². The number of fused-ring (bicyclic) bond motifs is 1. The highest BCUT2D eigenvalue weighted by atomic mass is 16.6. The molecular formula is C15H20N2O4. The Hall–Kier alpha value is -2.24. The van der Waals surface area contributed by atoms with E-state index in [1.807, 2.05) is 0 Å². The normalized spacial score (nSPS) is 12.6. The summed E-state index contributed by atoms with van der Waals surface area (Å²) in [4.78, 5) is 23.5. The Morgan fingerprint density at radius 1 is 1.10 bits per heavy atom. The third-order valence-corrected chi connectivity index (χ3v) is 3.13. The Bertz CT molecular complexity index is 516. The fourth-order valence-electron chi connectivity index (χ4n) is 1.98. The van der Waals surface area contributed by atoms with Gasteiger partial charge in [-0.05, 0) is 24.6 Å². The summed E-state index contributed by atoms with van der Waals surface area (Å²) >= 11 is 0. The van der Waals surface area contributed by atoms with Crippen molar-refractivity contribution in [3.05, 3.63) is 23.8 Å². The number of hydrazine groups is 1. The first-order valence-corrected chi connectivity index (χ1v) is 7.19. The molecule has 6 heteroatoms. The van der Waals surface area contributed by atoms with Gasteiger partial charge in [-0.25, -0.2) is 0 Å². The van der Waals surface area contributed by atoms with E-state index in [2.05, 4.69) is 17.8 Å². The first-order chi connectivity index (χ1) is 10.2. The Labute approximate surface area is 123 Å². The van der Waals surface area contributed by atoms with E-state index in [4.69, 9.17) is 9.47 Å². The molecule has 1 heterocycles. The molecule has 0 aromatic heterocycles. The summed E-state index contributed by atoms with van der Waals surface area (Å²) in [5.74, 6) is 0.606. The van der Waals surface area contributed by atoms with Crippen LogP contribution in [-0.2, 0) is 4.79 Å². The average molecular weight is 292 g/mol. The maximum absolute atomic E-state index is 11.9. The van der Waals surface area contributed by atoms with Gasteiger partial charge < -0.3 is 9.47 Å². The fourth-order valence-corrected chi connectivity index (χ4v) is 1.98. The Morgan fingerprint density at radius 3 is 2.62 bits per heavy atom. The van der Waals surface area contributed by atoms with Crippen LogP contribution >= 0.6 is 0 Å². The van der Waals surface area contributed by atoms with Gasteiger partial charge in [0.15, 0.2) is 11.5 Å². The average Bonchev–Trinajstić information content (AvgIpc) is 2.52. The van der Waals surface area contributed by atoms with Crippen LogP contribution in [0.15, 0.2) is 18.2 Å². The number of unbranched alkanes of at least 4 members (excludes halogenated alkanes) is 2. The quantitative estimate of drug-likeness (QED) is 0.641. The zero-order chi connectivity index (χ0) is 15.1. The van der Waals surface area contributed by atoms with Gasteiger partial charge in [-0.3, -0.25) is 20.4 Å². The summed E-state index contributed by atoms with van der Waals surface area (Å²) in [6.45, 7) is 3.04. The second-order valence-corrected chi connectivity index (χ2v) is 4.82. The van der Waals surface area contributed by atoms with Gasteiger partial charge in [0.1, 0.15) is 13.2 Å². The molecular weight excluding hydrogens is 272 g/mol. The predicted octanol–water partition coefficient (Wildman–Crippen LogP) is 1.80. The molecule has 6 nitrogen and oxygen atoms in total. The molecule has 0 unspecified atom stereocenters. The van der Waals surface area contributed by atoms with Crippen LogP contribution in [0.25, 0.3) is 0 Å². The molecule has 0 radical (unpaired) electrons. The van der Waals surface area contributed by atoms with Gasteiger partial charge in [0, 0.05) is 12.0 Å². The van der Waals surface area contributed by atoms with Crippen LogP contribution in [0, 0.1) is 0 Å². The Balaban J connectivity index is 1.84. The molecule has 0 aliphatic carbocycles. The zero-order valence-electron chi connectivity index (χ0n) is 12.1. The minimum absolute atomic E-state index is 0.186. The van der Waals surface area contributed by atoms with Crippen molar-refractivity contribution < 1.29 is 19.1 Å². The van der Waals surface area contributed by atoms with Crippen molar-refractivity contribution in [2.24, 2.45) is 0 Å². The van der Waals surface area contributed by atoms with E-state index in [1.54, 1.807) is 18.2 Å². The largest absolute Gasteiger partial charge is 0.486 e. The first kappa shape index (κ1) is 15.2. The third kappa shape index (κ3) is 4.37. The molecule has 0 atom stereocenters. The standard InChI is InChI=1S/C15H20N2O4/c1-2-3-4-5-14(18)16-17-15(19)11-6-7-12-13(10-11)21-9-8-20-12/h6-7,10H,2-5,8-9H2,1H3,(H,16,18)(H,17,19). The van der Waals surface area contributed by atoms with Crippen molar-refractivity contribution in [3.8, 4) is 11.5 Å². The van der Waals surface area contributed by atoms with Crippen LogP contribution in [0.5, 0.6) is 11.5 Å². The summed E-state index contributed by atoms with van der Waals surface area (Å²) in [5, 5.41) is 0. The van der Waals surface area contributed by atoms with Gasteiger partial charge in [0.05, 0.1) is 0 Å². The van der Waals surface area contributed by atoms with Crippen molar-refractivity contribution in [3.63, 3.8) is 0 Å². The molecule has 1 aliphatic rings.